The van der Waals surface area contributed by atoms with E-state index >= 15 is 0 Å². The van der Waals surface area contributed by atoms with Crippen LogP contribution in [0.4, 0.5) is 26.1 Å². The quantitative estimate of drug-likeness (QED) is 0.665. The number of nitrogens with one attached hydrogen (secondary N) is 1. The van der Waals surface area contributed by atoms with Crippen LogP contribution in [0.3, 0.4) is 0 Å². The van der Waals surface area contributed by atoms with Crippen molar-refractivity contribution in [2.75, 3.05) is 24.5 Å². The first-order chi connectivity index (χ1) is 9.58. The number of benzene rings is 1. The van der Waals surface area contributed by atoms with Gasteiger partial charge in [0.1, 0.15) is 5.75 Å². The topological polar surface area (TPSA) is 63.4 Å². The summed E-state index contributed by atoms with van der Waals surface area (Å²) in [6, 6.07) is 7.76. The van der Waals surface area contributed by atoms with Crippen molar-refractivity contribution in [1.29, 1.82) is 0 Å². The van der Waals surface area contributed by atoms with Crippen LogP contribution in [0.5, 0.6) is 5.75 Å². The van der Waals surface area contributed by atoms with E-state index in [1.54, 1.807) is 31.3 Å². The molecule has 2 aromatic rings. The number of halogens is 2. The van der Waals surface area contributed by atoms with E-state index in [-0.39, 0.29) is 11.6 Å². The number of nitrogens with two attached hydrogens (primary N) is 1. The van der Waals surface area contributed by atoms with Crippen LogP contribution in [-0.2, 0) is 0 Å². The number of rotatable bonds is 4. The SMILES string of the molecule is COc1ccccc1N(C)c1nc(NN)c(F)cc1F. The van der Waals surface area contributed by atoms with Gasteiger partial charge in [-0.3, -0.25) is 0 Å². The molecule has 0 saturated heterocycles. The third-order valence-corrected chi connectivity index (χ3v) is 2.81. The molecular formula is C13H14F2N4O. The van der Waals surface area contributed by atoms with Crippen LogP contribution in [0, 0.1) is 11.6 Å². The standard InChI is InChI=1S/C13H14F2N4O/c1-19(10-5-3-4-6-11(10)20-2)13-9(15)7-8(14)12(17-13)18-16/h3-7H,16H2,1-2H3,(H,17,18). The van der Waals surface area contributed by atoms with E-state index in [2.05, 4.69) is 10.4 Å². The minimum Gasteiger partial charge on any atom is -0.495 e. The summed E-state index contributed by atoms with van der Waals surface area (Å²) in [4.78, 5) is 5.28. The number of ether oxygens (including phenoxy) is 1. The van der Waals surface area contributed by atoms with Gasteiger partial charge in [-0.25, -0.2) is 19.6 Å². The molecule has 0 saturated carbocycles. The number of nitrogens with zero attached hydrogens (tertiary/aromatic N) is 2. The van der Waals surface area contributed by atoms with Crippen LogP contribution in [0.1, 0.15) is 0 Å². The lowest BCUT2D eigenvalue weighted by molar-refractivity contribution is 0.415. The van der Waals surface area contributed by atoms with Gasteiger partial charge in [0.2, 0.25) is 0 Å². The zero-order chi connectivity index (χ0) is 14.7. The maximum absolute atomic E-state index is 13.9. The van der Waals surface area contributed by atoms with E-state index in [0.29, 0.717) is 11.4 Å². The largest absolute Gasteiger partial charge is 0.495 e. The van der Waals surface area contributed by atoms with Crippen molar-refractivity contribution in [3.8, 4) is 5.75 Å². The fourth-order valence-corrected chi connectivity index (χ4v) is 1.81. The summed E-state index contributed by atoms with van der Waals surface area (Å²) in [5.74, 6) is 3.74. The molecule has 0 aliphatic heterocycles. The molecule has 0 fully saturated rings. The molecule has 1 aromatic carbocycles. The highest BCUT2D eigenvalue weighted by molar-refractivity contribution is 5.67. The fourth-order valence-electron chi connectivity index (χ4n) is 1.81. The Kier molecular flexibility index (Phi) is 3.99. The lowest BCUT2D eigenvalue weighted by atomic mass is 10.2. The van der Waals surface area contributed by atoms with E-state index < -0.39 is 11.6 Å². The molecule has 0 bridgehead atoms. The third-order valence-electron chi connectivity index (χ3n) is 2.81. The molecule has 1 aromatic heterocycles. The van der Waals surface area contributed by atoms with Crippen LogP contribution in [-0.4, -0.2) is 19.1 Å². The average Bonchev–Trinajstić information content (AvgIpc) is 2.46. The first-order valence-corrected chi connectivity index (χ1v) is 5.78. The summed E-state index contributed by atoms with van der Waals surface area (Å²) < 4.78 is 32.4. The molecule has 2 rings (SSSR count). The summed E-state index contributed by atoms with van der Waals surface area (Å²) in [6.45, 7) is 0. The number of aromatic nitrogens is 1. The predicted molar refractivity (Wildman–Crippen MR) is 73.0 cm³/mol. The summed E-state index contributed by atoms with van der Waals surface area (Å²) in [5.41, 5.74) is 2.68. The van der Waals surface area contributed by atoms with Gasteiger partial charge in [0.05, 0.1) is 12.8 Å². The van der Waals surface area contributed by atoms with Crippen molar-refractivity contribution in [3.63, 3.8) is 0 Å². The Morgan fingerprint density at radius 3 is 2.60 bits per heavy atom. The van der Waals surface area contributed by atoms with Gasteiger partial charge in [-0.1, -0.05) is 12.1 Å². The first kappa shape index (κ1) is 14.0. The molecular weight excluding hydrogens is 266 g/mol. The molecule has 0 atom stereocenters. The Hall–Kier alpha value is -2.41. The van der Waals surface area contributed by atoms with Gasteiger partial charge in [0, 0.05) is 13.1 Å². The highest BCUT2D eigenvalue weighted by atomic mass is 19.1. The van der Waals surface area contributed by atoms with Gasteiger partial charge < -0.3 is 15.1 Å². The molecule has 0 aliphatic rings. The second-order valence-corrected chi connectivity index (χ2v) is 4.00. The van der Waals surface area contributed by atoms with Gasteiger partial charge >= 0.3 is 0 Å². The highest BCUT2D eigenvalue weighted by Crippen LogP contribution is 2.33. The fraction of sp³-hybridized carbons (Fsp3) is 0.154. The molecule has 0 amide bonds. The zero-order valence-electron chi connectivity index (χ0n) is 11.0. The van der Waals surface area contributed by atoms with E-state index in [4.69, 9.17) is 10.6 Å². The van der Waals surface area contributed by atoms with Gasteiger partial charge in [0.15, 0.2) is 23.3 Å². The van der Waals surface area contributed by atoms with Gasteiger partial charge in [-0.2, -0.15) is 0 Å². The molecule has 0 radical (unpaired) electrons. The normalized spacial score (nSPS) is 10.2. The number of nitrogen functional groups attached to an aromatic ring is 1. The maximum Gasteiger partial charge on any atom is 0.178 e. The smallest absolute Gasteiger partial charge is 0.178 e. The van der Waals surface area contributed by atoms with Crippen LogP contribution in [0.25, 0.3) is 0 Å². The lowest BCUT2D eigenvalue weighted by Gasteiger charge is -2.21. The third kappa shape index (κ3) is 2.48. The van der Waals surface area contributed by atoms with Crippen molar-refractivity contribution < 1.29 is 13.5 Å². The summed E-state index contributed by atoms with van der Waals surface area (Å²) in [7, 11) is 3.11. The van der Waals surface area contributed by atoms with Crippen LogP contribution in [0.2, 0.25) is 0 Å². The molecule has 1 heterocycles. The Morgan fingerprint density at radius 1 is 1.25 bits per heavy atom. The first-order valence-electron chi connectivity index (χ1n) is 5.78. The summed E-state index contributed by atoms with van der Waals surface area (Å²) >= 11 is 0. The second-order valence-electron chi connectivity index (χ2n) is 4.00. The number of pyridine rings is 1. The summed E-state index contributed by atoms with van der Waals surface area (Å²) in [5, 5.41) is 0. The Morgan fingerprint density at radius 2 is 1.95 bits per heavy atom. The van der Waals surface area contributed by atoms with E-state index in [1.807, 2.05) is 0 Å². The molecule has 0 unspecified atom stereocenters. The van der Waals surface area contributed by atoms with Crippen LogP contribution >= 0.6 is 0 Å². The van der Waals surface area contributed by atoms with Crippen molar-refractivity contribution in [3.05, 3.63) is 42.0 Å². The van der Waals surface area contributed by atoms with Crippen LogP contribution < -0.4 is 20.9 Å². The number of hydrazine groups is 1. The molecule has 3 N–H and O–H groups in total. The predicted octanol–water partition coefficient (Wildman–Crippen LogP) is 2.42. The van der Waals surface area contributed by atoms with E-state index in [0.717, 1.165) is 6.07 Å². The van der Waals surface area contributed by atoms with Crippen LogP contribution in [0.15, 0.2) is 30.3 Å². The average molecular weight is 280 g/mol. The number of hydrogen-bond acceptors (Lipinski definition) is 5. The van der Waals surface area contributed by atoms with Gasteiger partial charge in [-0.15, -0.1) is 0 Å². The van der Waals surface area contributed by atoms with E-state index in [1.165, 1.54) is 12.0 Å². The minimum absolute atomic E-state index is 0.0659. The number of methoxy groups -OCH3 is 1. The van der Waals surface area contributed by atoms with Gasteiger partial charge in [0.25, 0.3) is 0 Å². The van der Waals surface area contributed by atoms with Crippen molar-refractivity contribution in [2.45, 2.75) is 0 Å². The molecule has 106 valence electrons. The zero-order valence-corrected chi connectivity index (χ0v) is 11.0. The molecule has 20 heavy (non-hydrogen) atoms. The lowest BCUT2D eigenvalue weighted by Crippen LogP contribution is -2.17. The van der Waals surface area contributed by atoms with E-state index in [9.17, 15) is 8.78 Å². The Bertz CT molecular complexity index is 621. The summed E-state index contributed by atoms with van der Waals surface area (Å²) in [6.07, 6.45) is 0. The second kappa shape index (κ2) is 5.70. The Balaban J connectivity index is 2.50. The maximum atomic E-state index is 13.9. The molecule has 0 spiro atoms. The number of anilines is 3. The molecule has 0 aliphatic carbocycles. The monoisotopic (exact) mass is 280 g/mol. The minimum atomic E-state index is -0.859. The molecule has 7 heteroatoms. The van der Waals surface area contributed by atoms with Crippen molar-refractivity contribution >= 4 is 17.3 Å². The molecule has 5 nitrogen and oxygen atoms in total. The number of para-hydroxylation sites is 2. The highest BCUT2D eigenvalue weighted by Gasteiger charge is 2.18. The van der Waals surface area contributed by atoms with Crippen molar-refractivity contribution in [1.82, 2.24) is 4.98 Å². The van der Waals surface area contributed by atoms with Gasteiger partial charge in [-0.05, 0) is 12.1 Å². The Labute approximate surface area is 115 Å². The van der Waals surface area contributed by atoms with Crippen molar-refractivity contribution in [2.24, 2.45) is 5.84 Å². The number of hydrogen-bond donors (Lipinski definition) is 2.